The van der Waals surface area contributed by atoms with Crippen molar-refractivity contribution in [3.05, 3.63) is 36.8 Å². The van der Waals surface area contributed by atoms with Gasteiger partial charge in [-0.2, -0.15) is 0 Å². The number of carboxylic acids is 2. The Morgan fingerprint density at radius 2 is 1.73 bits per heavy atom. The maximum atomic E-state index is 9.55. The van der Waals surface area contributed by atoms with E-state index in [1.165, 1.54) is 0 Å². The minimum atomic E-state index is -1.26. The third-order valence-corrected chi connectivity index (χ3v) is 0.990. The van der Waals surface area contributed by atoms with E-state index < -0.39 is 11.9 Å². The van der Waals surface area contributed by atoms with E-state index in [0.29, 0.717) is 12.2 Å². The van der Waals surface area contributed by atoms with E-state index in [9.17, 15) is 9.59 Å². The SMILES string of the molecule is C1=CNC=CN=C1.O=C(O)/C=C\C(=O)O. The van der Waals surface area contributed by atoms with Gasteiger partial charge in [0, 0.05) is 37.0 Å². The van der Waals surface area contributed by atoms with Gasteiger partial charge in [0.25, 0.3) is 0 Å². The lowest BCUT2D eigenvalue weighted by Crippen LogP contribution is -1.91. The topological polar surface area (TPSA) is 99.0 Å². The van der Waals surface area contributed by atoms with Gasteiger partial charge in [-0.15, -0.1) is 0 Å². The molecule has 0 unspecified atom stereocenters. The van der Waals surface area contributed by atoms with Gasteiger partial charge in [0.15, 0.2) is 0 Å². The highest BCUT2D eigenvalue weighted by Gasteiger charge is 1.88. The van der Waals surface area contributed by atoms with Crippen LogP contribution < -0.4 is 5.32 Å². The maximum Gasteiger partial charge on any atom is 0.328 e. The van der Waals surface area contributed by atoms with Crippen LogP contribution in [0.3, 0.4) is 0 Å². The molecule has 80 valence electrons. The second-order valence-corrected chi connectivity index (χ2v) is 2.15. The highest BCUT2D eigenvalue weighted by molar-refractivity contribution is 5.89. The summed E-state index contributed by atoms with van der Waals surface area (Å²) < 4.78 is 0. The summed E-state index contributed by atoms with van der Waals surface area (Å²) in [6.07, 6.45) is 9.94. The first kappa shape index (κ1) is 12.6. The molecule has 1 aliphatic heterocycles. The van der Waals surface area contributed by atoms with Gasteiger partial charge in [-0.25, -0.2) is 9.59 Å². The molecule has 0 fully saturated rings. The molecule has 0 saturated carbocycles. The Hall–Kier alpha value is -2.37. The first-order valence-electron chi connectivity index (χ1n) is 3.86. The van der Waals surface area contributed by atoms with Crippen LogP contribution >= 0.6 is 0 Å². The monoisotopic (exact) mass is 210 g/mol. The zero-order valence-corrected chi connectivity index (χ0v) is 7.70. The minimum Gasteiger partial charge on any atom is -0.478 e. The van der Waals surface area contributed by atoms with E-state index >= 15 is 0 Å². The van der Waals surface area contributed by atoms with E-state index in [1.54, 1.807) is 18.6 Å². The Morgan fingerprint density at radius 1 is 1.13 bits per heavy atom. The van der Waals surface area contributed by atoms with Gasteiger partial charge < -0.3 is 15.5 Å². The molecule has 0 atom stereocenters. The molecule has 0 aromatic rings. The van der Waals surface area contributed by atoms with Gasteiger partial charge >= 0.3 is 11.9 Å². The van der Waals surface area contributed by atoms with Crippen LogP contribution in [0.5, 0.6) is 0 Å². The van der Waals surface area contributed by atoms with Crippen LogP contribution in [0.15, 0.2) is 41.8 Å². The first-order valence-corrected chi connectivity index (χ1v) is 3.86. The second-order valence-electron chi connectivity index (χ2n) is 2.15. The maximum absolute atomic E-state index is 9.55. The highest BCUT2D eigenvalue weighted by atomic mass is 16.4. The average Bonchev–Trinajstić information content (AvgIpc) is 2.47. The van der Waals surface area contributed by atoms with E-state index in [-0.39, 0.29) is 0 Å². The number of allylic oxidation sites excluding steroid dienone is 1. The van der Waals surface area contributed by atoms with Gasteiger partial charge in [-0.3, -0.25) is 4.99 Å². The van der Waals surface area contributed by atoms with Crippen molar-refractivity contribution in [2.24, 2.45) is 4.99 Å². The van der Waals surface area contributed by atoms with Gasteiger partial charge in [-0.1, -0.05) is 0 Å². The number of rotatable bonds is 2. The summed E-state index contributed by atoms with van der Waals surface area (Å²) in [5.41, 5.74) is 0. The van der Waals surface area contributed by atoms with Crippen molar-refractivity contribution in [1.82, 2.24) is 5.32 Å². The zero-order valence-electron chi connectivity index (χ0n) is 7.70. The Labute approximate surface area is 85.9 Å². The molecular weight excluding hydrogens is 200 g/mol. The fraction of sp³-hybridized carbons (Fsp3) is 0. The molecule has 0 aliphatic carbocycles. The summed E-state index contributed by atoms with van der Waals surface area (Å²) >= 11 is 0. The summed E-state index contributed by atoms with van der Waals surface area (Å²) in [4.78, 5) is 22.9. The van der Waals surface area contributed by atoms with Crippen LogP contribution in [-0.2, 0) is 9.59 Å². The van der Waals surface area contributed by atoms with Crippen LogP contribution in [0.2, 0.25) is 0 Å². The molecule has 0 spiro atoms. The Kier molecular flexibility index (Phi) is 6.94. The van der Waals surface area contributed by atoms with Gasteiger partial charge in [0.2, 0.25) is 0 Å². The lowest BCUT2D eigenvalue weighted by molar-refractivity contribution is -0.134. The van der Waals surface area contributed by atoms with E-state index in [4.69, 9.17) is 10.2 Å². The number of carboxylic acid groups (broad SMARTS) is 2. The predicted octanol–water partition coefficient (Wildman–Crippen LogP) is 0.357. The normalized spacial score (nSPS) is 12.5. The lowest BCUT2D eigenvalue weighted by Gasteiger charge is -1.78. The molecule has 0 saturated heterocycles. The van der Waals surface area contributed by atoms with Crippen molar-refractivity contribution >= 4 is 18.2 Å². The molecule has 6 heteroatoms. The molecule has 1 rings (SSSR count). The van der Waals surface area contributed by atoms with Crippen molar-refractivity contribution in [2.45, 2.75) is 0 Å². The third-order valence-electron chi connectivity index (χ3n) is 0.990. The van der Waals surface area contributed by atoms with Crippen LogP contribution in [0.4, 0.5) is 0 Å². The first-order chi connectivity index (χ1) is 7.13. The molecule has 1 aliphatic rings. The van der Waals surface area contributed by atoms with E-state index in [1.807, 2.05) is 12.3 Å². The van der Waals surface area contributed by atoms with E-state index in [2.05, 4.69) is 10.3 Å². The summed E-state index contributed by atoms with van der Waals surface area (Å²) in [5.74, 6) is -2.51. The van der Waals surface area contributed by atoms with Gasteiger partial charge in [0.1, 0.15) is 0 Å². The summed E-state index contributed by atoms with van der Waals surface area (Å²) in [5, 5.41) is 18.5. The number of aliphatic imine (C=N–C) groups is 1. The second kappa shape index (κ2) is 8.24. The Balaban J connectivity index is 0.000000262. The van der Waals surface area contributed by atoms with E-state index in [0.717, 1.165) is 0 Å². The molecule has 0 bridgehead atoms. The highest BCUT2D eigenvalue weighted by Crippen LogP contribution is 1.75. The molecule has 1 heterocycles. The van der Waals surface area contributed by atoms with Crippen LogP contribution in [-0.4, -0.2) is 28.4 Å². The molecular formula is C9H10N2O4. The number of hydrogen-bond acceptors (Lipinski definition) is 4. The van der Waals surface area contributed by atoms with Crippen molar-refractivity contribution in [2.75, 3.05) is 0 Å². The molecule has 6 nitrogen and oxygen atoms in total. The Bertz CT molecular complexity index is 299. The third kappa shape index (κ3) is 11.6. The Morgan fingerprint density at radius 3 is 2.27 bits per heavy atom. The summed E-state index contributed by atoms with van der Waals surface area (Å²) in [6.45, 7) is 0. The summed E-state index contributed by atoms with van der Waals surface area (Å²) in [7, 11) is 0. The van der Waals surface area contributed by atoms with Crippen molar-refractivity contribution in [3.8, 4) is 0 Å². The van der Waals surface area contributed by atoms with Crippen LogP contribution in [0, 0.1) is 0 Å². The molecule has 0 aromatic carbocycles. The van der Waals surface area contributed by atoms with Crippen molar-refractivity contribution < 1.29 is 19.8 Å². The van der Waals surface area contributed by atoms with Crippen molar-refractivity contribution in [1.29, 1.82) is 0 Å². The lowest BCUT2D eigenvalue weighted by atomic mass is 10.5. The quantitative estimate of drug-likeness (QED) is 0.571. The smallest absolute Gasteiger partial charge is 0.328 e. The molecule has 0 amide bonds. The fourth-order valence-electron chi connectivity index (χ4n) is 0.482. The largest absolute Gasteiger partial charge is 0.478 e. The van der Waals surface area contributed by atoms with Crippen LogP contribution in [0.25, 0.3) is 0 Å². The fourth-order valence-corrected chi connectivity index (χ4v) is 0.482. The number of carbonyl (C=O) groups is 2. The number of aliphatic carboxylic acids is 2. The molecule has 0 aromatic heterocycles. The van der Waals surface area contributed by atoms with Gasteiger partial charge in [0.05, 0.1) is 0 Å². The number of nitrogens with one attached hydrogen (secondary N) is 1. The summed E-state index contributed by atoms with van der Waals surface area (Å²) in [6, 6.07) is 0. The molecule has 3 N–H and O–H groups in total. The molecule has 15 heavy (non-hydrogen) atoms. The average molecular weight is 210 g/mol. The minimum absolute atomic E-state index is 0.558. The van der Waals surface area contributed by atoms with Crippen molar-refractivity contribution in [3.63, 3.8) is 0 Å². The zero-order chi connectivity index (χ0) is 11.5. The number of hydrogen-bond donors (Lipinski definition) is 3. The number of nitrogens with zero attached hydrogens (tertiary/aromatic N) is 1. The van der Waals surface area contributed by atoms with Crippen LogP contribution in [0.1, 0.15) is 0 Å². The standard InChI is InChI=1S/C5H6N2.C4H4O4/c1-2-6-4-5-7-3-1;5-3(6)1-2-4(7)8/h1-6H;1-2H,(H,5,6)(H,7,8)/b;2-1-. The predicted molar refractivity (Wildman–Crippen MR) is 54.3 cm³/mol. The van der Waals surface area contributed by atoms with Gasteiger partial charge in [-0.05, 0) is 6.08 Å². The molecule has 0 radical (unpaired) electrons.